The lowest BCUT2D eigenvalue weighted by atomic mass is 10.1. The summed E-state index contributed by atoms with van der Waals surface area (Å²) in [5.41, 5.74) is 0.910. The third kappa shape index (κ3) is 2.55. The molecule has 0 aliphatic heterocycles. The summed E-state index contributed by atoms with van der Waals surface area (Å²) in [4.78, 5) is 5.41. The van der Waals surface area contributed by atoms with E-state index in [-0.39, 0.29) is 5.82 Å². The van der Waals surface area contributed by atoms with Gasteiger partial charge in [0.2, 0.25) is 0 Å². The van der Waals surface area contributed by atoms with E-state index >= 15 is 0 Å². The van der Waals surface area contributed by atoms with Gasteiger partial charge in [-0.25, -0.2) is 9.37 Å². The summed E-state index contributed by atoms with van der Waals surface area (Å²) < 4.78 is 12.8. The number of benzene rings is 1. The zero-order valence-electron chi connectivity index (χ0n) is 8.13. The van der Waals surface area contributed by atoms with Crippen molar-refractivity contribution in [3.63, 3.8) is 0 Å². The maximum absolute atomic E-state index is 12.8. The van der Waals surface area contributed by atoms with Crippen LogP contribution in [0.5, 0.6) is 0 Å². The van der Waals surface area contributed by atoms with Gasteiger partial charge in [-0.15, -0.1) is 11.3 Å². The lowest BCUT2D eigenvalue weighted by molar-refractivity contribution is 0.627. The van der Waals surface area contributed by atoms with Crippen molar-refractivity contribution in [2.75, 3.05) is 0 Å². The number of halogens is 2. The molecule has 0 fully saturated rings. The molecule has 78 valence electrons. The van der Waals surface area contributed by atoms with Crippen LogP contribution in [0.1, 0.15) is 15.4 Å². The molecule has 2 rings (SSSR count). The molecule has 0 N–H and O–H groups in total. The first kappa shape index (κ1) is 10.6. The Balaban J connectivity index is 2.24. The molecule has 0 amide bonds. The van der Waals surface area contributed by atoms with Gasteiger partial charge in [-0.05, 0) is 24.6 Å². The van der Waals surface area contributed by atoms with Crippen LogP contribution in [0.4, 0.5) is 4.39 Å². The number of aromatic nitrogens is 1. The normalized spacial score (nSPS) is 10.6. The molecular formula is C11H9ClFNS. The third-order valence-electron chi connectivity index (χ3n) is 2.03. The fraction of sp³-hybridized carbons (Fsp3) is 0.182. The molecule has 0 bridgehead atoms. The SMILES string of the molecule is Cc1cnc(Cc2ccc(F)cc2Cl)s1. The average Bonchev–Trinajstić information content (AvgIpc) is 2.56. The van der Waals surface area contributed by atoms with E-state index in [4.69, 9.17) is 11.6 Å². The number of aryl methyl sites for hydroxylation is 1. The van der Waals surface area contributed by atoms with Crippen LogP contribution in [-0.4, -0.2) is 4.98 Å². The summed E-state index contributed by atoms with van der Waals surface area (Å²) in [6.07, 6.45) is 2.50. The molecule has 0 saturated heterocycles. The fourth-order valence-electron chi connectivity index (χ4n) is 1.31. The summed E-state index contributed by atoms with van der Waals surface area (Å²) in [5.74, 6) is -0.306. The van der Waals surface area contributed by atoms with Gasteiger partial charge in [-0.2, -0.15) is 0 Å². The number of thiazole rings is 1. The monoisotopic (exact) mass is 241 g/mol. The standard InChI is InChI=1S/C11H9ClFNS/c1-7-6-14-11(15-7)4-8-2-3-9(13)5-10(8)12/h2-3,5-6H,4H2,1H3. The van der Waals surface area contributed by atoms with Crippen molar-refractivity contribution in [2.45, 2.75) is 13.3 Å². The topological polar surface area (TPSA) is 12.9 Å². The van der Waals surface area contributed by atoms with E-state index < -0.39 is 0 Å². The number of nitrogens with zero attached hydrogens (tertiary/aromatic N) is 1. The second-order valence-electron chi connectivity index (χ2n) is 3.28. The van der Waals surface area contributed by atoms with Gasteiger partial charge in [-0.3, -0.25) is 0 Å². The van der Waals surface area contributed by atoms with Crippen molar-refractivity contribution >= 4 is 22.9 Å². The molecule has 1 heterocycles. The molecule has 1 aromatic carbocycles. The second kappa shape index (κ2) is 4.29. The maximum Gasteiger partial charge on any atom is 0.124 e. The molecule has 0 spiro atoms. The Morgan fingerprint density at radius 1 is 1.47 bits per heavy atom. The molecule has 4 heteroatoms. The van der Waals surface area contributed by atoms with Gasteiger partial charge in [0, 0.05) is 22.5 Å². The van der Waals surface area contributed by atoms with Gasteiger partial charge in [0.1, 0.15) is 5.82 Å². The lowest BCUT2D eigenvalue weighted by Crippen LogP contribution is -1.89. The van der Waals surface area contributed by atoms with Crippen LogP contribution in [-0.2, 0) is 6.42 Å². The van der Waals surface area contributed by atoms with Crippen molar-refractivity contribution in [2.24, 2.45) is 0 Å². The largest absolute Gasteiger partial charge is 0.249 e. The molecular weight excluding hydrogens is 233 g/mol. The van der Waals surface area contributed by atoms with Crippen LogP contribution in [0, 0.1) is 12.7 Å². The van der Waals surface area contributed by atoms with E-state index in [0.29, 0.717) is 11.4 Å². The number of hydrogen-bond acceptors (Lipinski definition) is 2. The first-order valence-corrected chi connectivity index (χ1v) is 5.70. The van der Waals surface area contributed by atoms with Crippen molar-refractivity contribution in [3.8, 4) is 0 Å². The van der Waals surface area contributed by atoms with Crippen molar-refractivity contribution < 1.29 is 4.39 Å². The smallest absolute Gasteiger partial charge is 0.124 e. The van der Waals surface area contributed by atoms with Crippen molar-refractivity contribution in [3.05, 3.63) is 50.7 Å². The van der Waals surface area contributed by atoms with Gasteiger partial charge in [-0.1, -0.05) is 17.7 Å². The minimum absolute atomic E-state index is 0.306. The Kier molecular flexibility index (Phi) is 3.03. The number of rotatable bonds is 2. The van der Waals surface area contributed by atoms with Gasteiger partial charge >= 0.3 is 0 Å². The minimum Gasteiger partial charge on any atom is -0.249 e. The lowest BCUT2D eigenvalue weighted by Gasteiger charge is -2.01. The molecule has 0 saturated carbocycles. The second-order valence-corrected chi connectivity index (χ2v) is 5.00. The molecule has 0 unspecified atom stereocenters. The first-order chi connectivity index (χ1) is 7.15. The summed E-state index contributed by atoms with van der Waals surface area (Å²) >= 11 is 7.56. The van der Waals surface area contributed by atoms with E-state index in [1.165, 1.54) is 17.0 Å². The van der Waals surface area contributed by atoms with Crippen LogP contribution < -0.4 is 0 Å². The molecule has 1 aromatic heterocycles. The molecule has 2 aromatic rings. The molecule has 0 radical (unpaired) electrons. The zero-order chi connectivity index (χ0) is 10.8. The Morgan fingerprint density at radius 3 is 2.87 bits per heavy atom. The quantitative estimate of drug-likeness (QED) is 0.779. The Bertz CT molecular complexity index is 481. The Morgan fingerprint density at radius 2 is 2.27 bits per heavy atom. The molecule has 0 atom stereocenters. The number of hydrogen-bond donors (Lipinski definition) is 0. The van der Waals surface area contributed by atoms with Crippen molar-refractivity contribution in [1.82, 2.24) is 4.98 Å². The van der Waals surface area contributed by atoms with E-state index in [2.05, 4.69) is 4.98 Å². The van der Waals surface area contributed by atoms with Crippen LogP contribution in [0.3, 0.4) is 0 Å². The van der Waals surface area contributed by atoms with E-state index in [1.54, 1.807) is 17.4 Å². The highest BCUT2D eigenvalue weighted by atomic mass is 35.5. The Hall–Kier alpha value is -0.930. The zero-order valence-corrected chi connectivity index (χ0v) is 9.70. The highest BCUT2D eigenvalue weighted by Crippen LogP contribution is 2.22. The minimum atomic E-state index is -0.306. The fourth-order valence-corrected chi connectivity index (χ4v) is 2.36. The van der Waals surface area contributed by atoms with Crippen LogP contribution in [0.2, 0.25) is 5.02 Å². The first-order valence-electron chi connectivity index (χ1n) is 4.50. The van der Waals surface area contributed by atoms with Crippen LogP contribution in [0.15, 0.2) is 24.4 Å². The summed E-state index contributed by atoms with van der Waals surface area (Å²) in [6, 6.07) is 4.45. The molecule has 1 nitrogen and oxygen atoms in total. The predicted molar refractivity (Wildman–Crippen MR) is 61.1 cm³/mol. The summed E-state index contributed by atoms with van der Waals surface area (Å²) in [5, 5.41) is 1.46. The maximum atomic E-state index is 12.8. The van der Waals surface area contributed by atoms with Gasteiger partial charge in [0.25, 0.3) is 0 Å². The molecule has 0 aliphatic carbocycles. The van der Waals surface area contributed by atoms with Gasteiger partial charge in [0.15, 0.2) is 0 Å². The van der Waals surface area contributed by atoms with Crippen LogP contribution in [0.25, 0.3) is 0 Å². The van der Waals surface area contributed by atoms with E-state index in [1.807, 2.05) is 13.1 Å². The van der Waals surface area contributed by atoms with Gasteiger partial charge in [0.05, 0.1) is 5.01 Å². The van der Waals surface area contributed by atoms with E-state index in [9.17, 15) is 4.39 Å². The molecule has 15 heavy (non-hydrogen) atoms. The third-order valence-corrected chi connectivity index (χ3v) is 3.29. The van der Waals surface area contributed by atoms with Crippen molar-refractivity contribution in [1.29, 1.82) is 0 Å². The Labute approximate surface area is 96.5 Å². The predicted octanol–water partition coefficient (Wildman–Crippen LogP) is 3.83. The highest BCUT2D eigenvalue weighted by molar-refractivity contribution is 7.11. The highest BCUT2D eigenvalue weighted by Gasteiger charge is 2.05. The summed E-state index contributed by atoms with van der Waals surface area (Å²) in [7, 11) is 0. The van der Waals surface area contributed by atoms with E-state index in [0.717, 1.165) is 10.6 Å². The summed E-state index contributed by atoms with van der Waals surface area (Å²) in [6.45, 7) is 2.01. The van der Waals surface area contributed by atoms with Gasteiger partial charge < -0.3 is 0 Å². The molecule has 0 aliphatic rings. The average molecular weight is 242 g/mol. The van der Waals surface area contributed by atoms with Crippen LogP contribution >= 0.6 is 22.9 Å².